The molecule has 0 radical (unpaired) electrons. The van der Waals surface area contributed by atoms with Crippen LogP contribution < -0.4 is 16.4 Å². The molecule has 5 nitrogen and oxygen atoms in total. The predicted molar refractivity (Wildman–Crippen MR) is 98.1 cm³/mol. The number of guanidine groups is 2. The van der Waals surface area contributed by atoms with Gasteiger partial charge in [0.2, 0.25) is 11.9 Å². The van der Waals surface area contributed by atoms with E-state index in [-0.39, 0.29) is 17.7 Å². The van der Waals surface area contributed by atoms with Crippen LogP contribution in [-0.2, 0) is 0 Å². The van der Waals surface area contributed by atoms with Crippen LogP contribution in [0.1, 0.15) is 37.7 Å². The Balaban J connectivity index is 2.21. The first-order chi connectivity index (χ1) is 10.9. The number of hydrogen-bond acceptors (Lipinski definition) is 5. The van der Waals surface area contributed by atoms with Crippen LogP contribution in [0, 0.1) is 12.7 Å². The highest BCUT2D eigenvalue weighted by molar-refractivity contribution is 9.11. The van der Waals surface area contributed by atoms with E-state index in [4.69, 9.17) is 11.5 Å². The van der Waals surface area contributed by atoms with Crippen molar-refractivity contribution in [2.45, 2.75) is 44.7 Å². The smallest absolute Gasteiger partial charge is 0.220 e. The summed E-state index contributed by atoms with van der Waals surface area (Å²) < 4.78 is 16.3. The molecular weight excluding hydrogens is 429 g/mol. The van der Waals surface area contributed by atoms with E-state index in [0.29, 0.717) is 20.2 Å². The van der Waals surface area contributed by atoms with Gasteiger partial charge < -0.3 is 11.5 Å². The monoisotopic (exact) mass is 445 g/mol. The van der Waals surface area contributed by atoms with Crippen molar-refractivity contribution in [3.63, 3.8) is 0 Å². The Kier molecular flexibility index (Phi) is 4.39. The number of hydrogen-bond donors (Lipinski definition) is 2. The molecule has 0 saturated heterocycles. The Morgan fingerprint density at radius 2 is 1.83 bits per heavy atom. The van der Waals surface area contributed by atoms with Gasteiger partial charge >= 0.3 is 0 Å². The fourth-order valence-electron chi connectivity index (χ4n) is 3.33. The summed E-state index contributed by atoms with van der Waals surface area (Å²) in [5.74, 6) is -0.00300. The molecule has 0 bridgehead atoms. The molecule has 124 valence electrons. The maximum absolute atomic E-state index is 15.0. The van der Waals surface area contributed by atoms with E-state index in [9.17, 15) is 0 Å². The zero-order chi connectivity index (χ0) is 16.8. The zero-order valence-corrected chi connectivity index (χ0v) is 15.9. The van der Waals surface area contributed by atoms with Gasteiger partial charge in [-0.2, -0.15) is 4.99 Å². The molecule has 1 fully saturated rings. The third-order valence-electron chi connectivity index (χ3n) is 4.45. The summed E-state index contributed by atoms with van der Waals surface area (Å²) in [5.41, 5.74) is 12.2. The second-order valence-corrected chi connectivity index (χ2v) is 7.66. The molecule has 1 spiro atoms. The van der Waals surface area contributed by atoms with Crippen LogP contribution in [0.2, 0.25) is 0 Å². The molecule has 4 N–H and O–H groups in total. The third-order valence-corrected chi connectivity index (χ3v) is 5.88. The molecule has 8 heteroatoms. The number of aliphatic imine (C=N–C) groups is 2. The van der Waals surface area contributed by atoms with Crippen molar-refractivity contribution in [2.24, 2.45) is 21.5 Å². The summed E-state index contributed by atoms with van der Waals surface area (Å²) in [7, 11) is 0. The van der Waals surface area contributed by atoms with Crippen LogP contribution in [0.5, 0.6) is 0 Å². The molecule has 1 aliphatic carbocycles. The van der Waals surface area contributed by atoms with Gasteiger partial charge in [-0.3, -0.25) is 4.90 Å². The Hall–Kier alpha value is -1.15. The first kappa shape index (κ1) is 16.7. The molecule has 0 amide bonds. The Labute approximate surface area is 151 Å². The lowest BCUT2D eigenvalue weighted by Crippen LogP contribution is -2.58. The summed E-state index contributed by atoms with van der Waals surface area (Å²) in [5, 5.41) is 0. The van der Waals surface area contributed by atoms with E-state index in [0.717, 1.165) is 32.1 Å². The van der Waals surface area contributed by atoms with Crippen LogP contribution in [0.4, 0.5) is 10.1 Å². The minimum Gasteiger partial charge on any atom is -0.369 e. The molecule has 1 aromatic rings. The summed E-state index contributed by atoms with van der Waals surface area (Å²) in [6.45, 7) is 1.72. The highest BCUT2D eigenvalue weighted by atomic mass is 79.9. The van der Waals surface area contributed by atoms with Crippen LogP contribution in [0.15, 0.2) is 25.0 Å². The van der Waals surface area contributed by atoms with Crippen molar-refractivity contribution >= 4 is 49.5 Å². The van der Waals surface area contributed by atoms with E-state index in [2.05, 4.69) is 41.8 Å². The molecule has 3 rings (SSSR count). The summed E-state index contributed by atoms with van der Waals surface area (Å²) in [6.07, 6.45) is 4.66. The number of benzene rings is 1. The summed E-state index contributed by atoms with van der Waals surface area (Å²) in [6, 6.07) is 1.82. The molecule has 2 aliphatic rings. The number of anilines is 1. The molecule has 0 unspecified atom stereocenters. The molecule has 1 heterocycles. The topological polar surface area (TPSA) is 80.0 Å². The van der Waals surface area contributed by atoms with Gasteiger partial charge in [-0.25, -0.2) is 9.38 Å². The Morgan fingerprint density at radius 1 is 1.17 bits per heavy atom. The van der Waals surface area contributed by atoms with Gasteiger partial charge in [0.15, 0.2) is 5.82 Å². The SMILES string of the molecule is Cc1c(Br)cc(Br)c(N2C(N)=NC(N)=NC23CCCCC3)c1F. The first-order valence-corrected chi connectivity index (χ1v) is 9.08. The van der Waals surface area contributed by atoms with E-state index >= 15 is 4.39 Å². The van der Waals surface area contributed by atoms with Crippen LogP contribution >= 0.6 is 31.9 Å². The maximum Gasteiger partial charge on any atom is 0.220 e. The first-order valence-electron chi connectivity index (χ1n) is 7.49. The van der Waals surface area contributed by atoms with Crippen molar-refractivity contribution < 1.29 is 4.39 Å². The van der Waals surface area contributed by atoms with Gasteiger partial charge in [-0.15, -0.1) is 0 Å². The zero-order valence-electron chi connectivity index (χ0n) is 12.7. The lowest BCUT2D eigenvalue weighted by Gasteiger charge is -2.46. The predicted octanol–water partition coefficient (Wildman–Crippen LogP) is 3.77. The van der Waals surface area contributed by atoms with Crippen molar-refractivity contribution in [2.75, 3.05) is 4.90 Å². The van der Waals surface area contributed by atoms with Gasteiger partial charge in [0.05, 0.1) is 5.69 Å². The van der Waals surface area contributed by atoms with Crippen molar-refractivity contribution in [3.05, 3.63) is 26.4 Å². The van der Waals surface area contributed by atoms with E-state index < -0.39 is 5.66 Å². The van der Waals surface area contributed by atoms with Crippen molar-refractivity contribution in [3.8, 4) is 0 Å². The van der Waals surface area contributed by atoms with Gasteiger partial charge in [0.1, 0.15) is 5.66 Å². The van der Waals surface area contributed by atoms with Crippen LogP contribution in [-0.4, -0.2) is 17.6 Å². The average molecular weight is 447 g/mol. The van der Waals surface area contributed by atoms with Gasteiger partial charge in [0, 0.05) is 14.5 Å². The standard InChI is InChI=1S/C15H18Br2FN5/c1-8-9(16)7-10(17)12(11(8)18)23-14(20)21-13(19)22-15(23)5-3-2-4-6-15/h7H,2-6H2,1H3,(H4,19,20,21,22). The highest BCUT2D eigenvalue weighted by Gasteiger charge is 2.44. The van der Waals surface area contributed by atoms with Crippen LogP contribution in [0.3, 0.4) is 0 Å². The minimum atomic E-state index is -0.655. The fraction of sp³-hybridized carbons (Fsp3) is 0.467. The lowest BCUT2D eigenvalue weighted by molar-refractivity contribution is 0.303. The normalized spacial score (nSPS) is 20.4. The lowest BCUT2D eigenvalue weighted by atomic mass is 9.87. The summed E-state index contributed by atoms with van der Waals surface area (Å²) >= 11 is 6.83. The van der Waals surface area contributed by atoms with E-state index in [1.54, 1.807) is 11.8 Å². The van der Waals surface area contributed by atoms with Crippen molar-refractivity contribution in [1.82, 2.24) is 0 Å². The second kappa shape index (κ2) is 6.05. The summed E-state index contributed by atoms with van der Waals surface area (Å²) in [4.78, 5) is 10.4. The highest BCUT2D eigenvalue weighted by Crippen LogP contribution is 2.44. The molecule has 1 aromatic carbocycles. The number of nitrogens with zero attached hydrogens (tertiary/aromatic N) is 3. The number of nitrogens with two attached hydrogens (primary N) is 2. The largest absolute Gasteiger partial charge is 0.369 e. The molecule has 0 atom stereocenters. The quantitative estimate of drug-likeness (QED) is 0.688. The Bertz CT molecular complexity index is 710. The van der Waals surface area contributed by atoms with Gasteiger partial charge in [0.25, 0.3) is 0 Å². The molecule has 1 aliphatic heterocycles. The number of halogens is 3. The molecule has 23 heavy (non-hydrogen) atoms. The van der Waals surface area contributed by atoms with Crippen molar-refractivity contribution in [1.29, 1.82) is 0 Å². The third kappa shape index (κ3) is 2.76. The Morgan fingerprint density at radius 3 is 2.48 bits per heavy atom. The number of rotatable bonds is 1. The van der Waals surface area contributed by atoms with E-state index in [1.807, 2.05) is 6.07 Å². The second-order valence-electron chi connectivity index (χ2n) is 5.95. The van der Waals surface area contributed by atoms with Gasteiger partial charge in [-0.05, 0) is 54.6 Å². The van der Waals surface area contributed by atoms with Crippen LogP contribution in [0.25, 0.3) is 0 Å². The van der Waals surface area contributed by atoms with E-state index in [1.165, 1.54) is 0 Å². The average Bonchev–Trinajstić information content (AvgIpc) is 2.48. The fourth-order valence-corrected chi connectivity index (χ4v) is 4.62. The maximum atomic E-state index is 15.0. The van der Waals surface area contributed by atoms with Gasteiger partial charge in [-0.1, -0.05) is 22.4 Å². The molecule has 0 aromatic heterocycles. The molecule has 1 saturated carbocycles. The minimum absolute atomic E-state index is 0.158. The molecular formula is C15H18Br2FN5.